The largest absolute Gasteiger partial charge is 0.271 e. The van der Waals surface area contributed by atoms with Gasteiger partial charge in [-0.1, -0.05) is 75.2 Å². The number of hydrogen-bond acceptors (Lipinski definition) is 2. The molecule has 1 atom stereocenters. The van der Waals surface area contributed by atoms with Crippen LogP contribution < -0.4 is 11.3 Å². The van der Waals surface area contributed by atoms with Gasteiger partial charge in [0, 0.05) is 11.1 Å². The van der Waals surface area contributed by atoms with Crippen LogP contribution in [0.25, 0.3) is 0 Å². The molecule has 0 saturated heterocycles. The summed E-state index contributed by atoms with van der Waals surface area (Å²) in [5.41, 5.74) is 4.10. The third-order valence-electron chi connectivity index (χ3n) is 3.57. The van der Waals surface area contributed by atoms with Gasteiger partial charge in [0.25, 0.3) is 0 Å². The highest BCUT2D eigenvalue weighted by Gasteiger charge is 2.09. The Hall–Kier alpha value is -0.570. The lowest BCUT2D eigenvalue weighted by molar-refractivity contribution is 0.459. The Morgan fingerprint density at radius 3 is 2.47 bits per heavy atom. The van der Waals surface area contributed by atoms with Crippen molar-refractivity contribution in [3.63, 3.8) is 0 Å². The Morgan fingerprint density at radius 1 is 1.11 bits per heavy atom. The summed E-state index contributed by atoms with van der Waals surface area (Å²) in [7, 11) is 0. The molecule has 0 heterocycles. The third-order valence-corrected chi connectivity index (χ3v) is 3.93. The van der Waals surface area contributed by atoms with Crippen molar-refractivity contribution < 1.29 is 0 Å². The standard InChI is InChI=1S/C16H27ClN2/c1-2-3-4-5-6-7-11-15(19-18)13-14-10-8-9-12-16(14)17/h8-10,12,15,19H,2-7,11,13,18H2,1H3. The van der Waals surface area contributed by atoms with E-state index in [-0.39, 0.29) is 0 Å². The van der Waals surface area contributed by atoms with E-state index in [1.807, 2.05) is 18.2 Å². The predicted molar refractivity (Wildman–Crippen MR) is 84.3 cm³/mol. The molecule has 0 radical (unpaired) electrons. The topological polar surface area (TPSA) is 38.0 Å². The van der Waals surface area contributed by atoms with Gasteiger partial charge in [-0.2, -0.15) is 0 Å². The van der Waals surface area contributed by atoms with Gasteiger partial charge in [-0.05, 0) is 24.5 Å². The highest BCUT2D eigenvalue weighted by atomic mass is 35.5. The molecule has 0 aliphatic rings. The predicted octanol–water partition coefficient (Wildman–Crippen LogP) is 4.47. The van der Waals surface area contributed by atoms with Crippen LogP contribution in [-0.2, 0) is 6.42 Å². The normalized spacial score (nSPS) is 12.6. The number of nitrogens with one attached hydrogen (secondary N) is 1. The molecule has 0 aliphatic carbocycles. The maximum absolute atomic E-state index is 6.18. The first-order valence-corrected chi connectivity index (χ1v) is 7.85. The zero-order chi connectivity index (χ0) is 13.9. The number of hydrazine groups is 1. The van der Waals surface area contributed by atoms with E-state index in [9.17, 15) is 0 Å². The summed E-state index contributed by atoms with van der Waals surface area (Å²) in [6.45, 7) is 2.25. The van der Waals surface area contributed by atoms with Gasteiger partial charge in [0.15, 0.2) is 0 Å². The molecule has 108 valence electrons. The second-order valence-corrected chi connectivity index (χ2v) is 5.62. The second-order valence-electron chi connectivity index (χ2n) is 5.22. The summed E-state index contributed by atoms with van der Waals surface area (Å²) in [5.74, 6) is 5.64. The van der Waals surface area contributed by atoms with E-state index in [0.29, 0.717) is 6.04 Å². The van der Waals surface area contributed by atoms with Crippen LogP contribution in [0, 0.1) is 0 Å². The fraction of sp³-hybridized carbons (Fsp3) is 0.625. The van der Waals surface area contributed by atoms with Crippen LogP contribution in [0.5, 0.6) is 0 Å². The molecule has 19 heavy (non-hydrogen) atoms. The molecule has 3 N–H and O–H groups in total. The average molecular weight is 283 g/mol. The molecule has 2 nitrogen and oxygen atoms in total. The van der Waals surface area contributed by atoms with Crippen molar-refractivity contribution in [2.24, 2.45) is 5.84 Å². The molecule has 1 rings (SSSR count). The van der Waals surface area contributed by atoms with Crippen molar-refractivity contribution in [3.05, 3.63) is 34.9 Å². The zero-order valence-electron chi connectivity index (χ0n) is 12.0. The van der Waals surface area contributed by atoms with Crippen molar-refractivity contribution in [3.8, 4) is 0 Å². The van der Waals surface area contributed by atoms with Gasteiger partial charge < -0.3 is 0 Å². The van der Waals surface area contributed by atoms with Crippen molar-refractivity contribution >= 4 is 11.6 Å². The summed E-state index contributed by atoms with van der Waals surface area (Å²) in [6, 6.07) is 8.33. The first kappa shape index (κ1) is 16.5. The molecule has 0 aromatic heterocycles. The van der Waals surface area contributed by atoms with Crippen LogP contribution in [0.3, 0.4) is 0 Å². The molecule has 0 fully saturated rings. The number of hydrogen-bond donors (Lipinski definition) is 2. The van der Waals surface area contributed by atoms with Crippen LogP contribution >= 0.6 is 11.6 Å². The highest BCUT2D eigenvalue weighted by molar-refractivity contribution is 6.31. The van der Waals surface area contributed by atoms with Gasteiger partial charge in [-0.3, -0.25) is 11.3 Å². The molecule has 0 amide bonds. The fourth-order valence-corrected chi connectivity index (χ4v) is 2.56. The van der Waals surface area contributed by atoms with Crippen molar-refractivity contribution in [1.82, 2.24) is 5.43 Å². The molecule has 1 aromatic rings. The van der Waals surface area contributed by atoms with Gasteiger partial charge in [0.05, 0.1) is 0 Å². The Balaban J connectivity index is 2.24. The second kappa shape index (κ2) is 10.2. The molecule has 1 unspecified atom stereocenters. The minimum Gasteiger partial charge on any atom is -0.271 e. The first-order chi connectivity index (χ1) is 9.27. The Labute approximate surface area is 122 Å². The summed E-state index contributed by atoms with van der Waals surface area (Å²) < 4.78 is 0. The minimum atomic E-state index is 0.325. The van der Waals surface area contributed by atoms with Crippen molar-refractivity contribution in [1.29, 1.82) is 0 Å². The SMILES string of the molecule is CCCCCCCCC(Cc1ccccc1Cl)NN. The molecule has 0 spiro atoms. The minimum absolute atomic E-state index is 0.325. The maximum atomic E-state index is 6.18. The smallest absolute Gasteiger partial charge is 0.0438 e. The number of unbranched alkanes of at least 4 members (excludes halogenated alkanes) is 5. The molecular formula is C16H27ClN2. The van der Waals surface area contributed by atoms with E-state index in [0.717, 1.165) is 17.9 Å². The highest BCUT2D eigenvalue weighted by Crippen LogP contribution is 2.18. The Kier molecular flexibility index (Phi) is 8.89. The van der Waals surface area contributed by atoms with Crippen LogP contribution in [0.2, 0.25) is 5.02 Å². The molecule has 0 saturated carbocycles. The van der Waals surface area contributed by atoms with Gasteiger partial charge >= 0.3 is 0 Å². The first-order valence-electron chi connectivity index (χ1n) is 7.47. The number of benzene rings is 1. The van der Waals surface area contributed by atoms with E-state index in [4.69, 9.17) is 17.4 Å². The Bertz CT molecular complexity index is 341. The maximum Gasteiger partial charge on any atom is 0.0438 e. The number of nitrogens with two attached hydrogens (primary N) is 1. The van der Waals surface area contributed by atoms with Crippen molar-refractivity contribution in [2.75, 3.05) is 0 Å². The summed E-state index contributed by atoms with van der Waals surface area (Å²) in [5, 5.41) is 0.839. The number of halogens is 1. The summed E-state index contributed by atoms with van der Waals surface area (Å²) >= 11 is 6.18. The van der Waals surface area contributed by atoms with Gasteiger partial charge in [-0.25, -0.2) is 0 Å². The van der Waals surface area contributed by atoms with E-state index < -0.39 is 0 Å². The zero-order valence-corrected chi connectivity index (χ0v) is 12.8. The van der Waals surface area contributed by atoms with Gasteiger partial charge in [-0.15, -0.1) is 0 Å². The fourth-order valence-electron chi connectivity index (χ4n) is 2.34. The molecule has 0 aliphatic heterocycles. The quantitative estimate of drug-likeness (QED) is 0.378. The summed E-state index contributed by atoms with van der Waals surface area (Å²) in [4.78, 5) is 0. The number of rotatable bonds is 10. The lowest BCUT2D eigenvalue weighted by Crippen LogP contribution is -2.36. The Morgan fingerprint density at radius 2 is 1.79 bits per heavy atom. The van der Waals surface area contributed by atoms with Crippen LogP contribution in [-0.4, -0.2) is 6.04 Å². The van der Waals surface area contributed by atoms with E-state index in [1.54, 1.807) is 0 Å². The lowest BCUT2D eigenvalue weighted by Gasteiger charge is -2.16. The summed E-state index contributed by atoms with van der Waals surface area (Å²) in [6.07, 6.45) is 9.94. The van der Waals surface area contributed by atoms with Gasteiger partial charge in [0.1, 0.15) is 0 Å². The van der Waals surface area contributed by atoms with Crippen molar-refractivity contribution in [2.45, 2.75) is 64.3 Å². The van der Waals surface area contributed by atoms with Crippen LogP contribution in [0.1, 0.15) is 57.4 Å². The molecular weight excluding hydrogens is 256 g/mol. The molecule has 1 aromatic carbocycles. The monoisotopic (exact) mass is 282 g/mol. The van der Waals surface area contributed by atoms with E-state index in [2.05, 4.69) is 18.4 Å². The van der Waals surface area contributed by atoms with E-state index >= 15 is 0 Å². The van der Waals surface area contributed by atoms with Crippen LogP contribution in [0.15, 0.2) is 24.3 Å². The molecule has 3 heteroatoms. The van der Waals surface area contributed by atoms with E-state index in [1.165, 1.54) is 44.1 Å². The average Bonchev–Trinajstić information content (AvgIpc) is 2.43. The van der Waals surface area contributed by atoms with Gasteiger partial charge in [0.2, 0.25) is 0 Å². The third kappa shape index (κ3) is 6.95. The van der Waals surface area contributed by atoms with Crippen LogP contribution in [0.4, 0.5) is 0 Å². The molecule has 0 bridgehead atoms. The lowest BCUT2D eigenvalue weighted by atomic mass is 10.00.